The number of benzene rings is 1. The Hall–Kier alpha value is -2.31. The van der Waals surface area contributed by atoms with Gasteiger partial charge in [0.15, 0.2) is 0 Å². The molecule has 0 radical (unpaired) electrons. The van der Waals surface area contributed by atoms with Gasteiger partial charge in [-0.3, -0.25) is 4.79 Å². The Kier molecular flexibility index (Phi) is 5.76. The number of carbonyl (C=O) groups is 1. The molecule has 0 N–H and O–H groups in total. The second-order valence-electron chi connectivity index (χ2n) is 8.48. The van der Waals surface area contributed by atoms with Gasteiger partial charge in [0.05, 0.1) is 5.92 Å². The number of rotatable bonds is 3. The molecule has 0 unspecified atom stereocenters. The maximum Gasteiger partial charge on any atom is 0.227 e. The fourth-order valence-electron chi connectivity index (χ4n) is 4.79. The van der Waals surface area contributed by atoms with Crippen molar-refractivity contribution in [2.45, 2.75) is 19.8 Å². The molecule has 0 aliphatic carbocycles. The van der Waals surface area contributed by atoms with Crippen LogP contribution in [0.2, 0.25) is 5.02 Å². The van der Waals surface area contributed by atoms with Crippen LogP contribution in [-0.2, 0) is 4.79 Å². The van der Waals surface area contributed by atoms with Gasteiger partial charge >= 0.3 is 0 Å². The number of hydrogen-bond acceptors (Lipinski definition) is 5. The van der Waals surface area contributed by atoms with E-state index in [0.717, 1.165) is 63.0 Å². The summed E-state index contributed by atoms with van der Waals surface area (Å²) in [4.78, 5) is 26.0. The van der Waals surface area contributed by atoms with Crippen molar-refractivity contribution in [2.75, 3.05) is 49.1 Å². The number of halogens is 1. The lowest BCUT2D eigenvalue weighted by atomic mass is 9.96. The zero-order valence-electron chi connectivity index (χ0n) is 17.8. The Bertz CT molecular complexity index is 1070. The summed E-state index contributed by atoms with van der Waals surface area (Å²) in [6.07, 6.45) is 3.89. The maximum atomic E-state index is 13.3. The fourth-order valence-corrected chi connectivity index (χ4v) is 5.83. The number of piperazine rings is 1. The number of carbonyl (C=O) groups excluding carboxylic acids is 1. The van der Waals surface area contributed by atoms with Gasteiger partial charge in [0, 0.05) is 71.1 Å². The van der Waals surface area contributed by atoms with Gasteiger partial charge < -0.3 is 14.7 Å². The highest BCUT2D eigenvalue weighted by Crippen LogP contribution is 2.33. The van der Waals surface area contributed by atoms with Crippen LogP contribution in [0.4, 0.5) is 11.5 Å². The SMILES string of the molecule is Cc1cc2c(N3CCC[C@H](C(=O)N4CCN(c5ccc(Cl)cc5)CC4)C3)nccc2s1. The molecule has 5 nitrogen and oxygen atoms in total. The highest BCUT2D eigenvalue weighted by molar-refractivity contribution is 7.19. The number of aryl methyl sites for hydroxylation is 1. The summed E-state index contributed by atoms with van der Waals surface area (Å²) < 4.78 is 1.27. The first-order valence-electron chi connectivity index (χ1n) is 11.0. The van der Waals surface area contributed by atoms with Crippen LogP contribution in [-0.4, -0.2) is 55.1 Å². The van der Waals surface area contributed by atoms with Crippen LogP contribution < -0.4 is 9.80 Å². The minimum Gasteiger partial charge on any atom is -0.368 e. The number of pyridine rings is 1. The Morgan fingerprint density at radius 3 is 2.61 bits per heavy atom. The molecular weight excluding hydrogens is 428 g/mol. The van der Waals surface area contributed by atoms with Crippen LogP contribution in [0.15, 0.2) is 42.6 Å². The second-order valence-corrected chi connectivity index (χ2v) is 10.2. The summed E-state index contributed by atoms with van der Waals surface area (Å²) in [5.41, 5.74) is 1.17. The van der Waals surface area contributed by atoms with Crippen LogP contribution in [0, 0.1) is 12.8 Å². The van der Waals surface area contributed by atoms with Gasteiger partial charge in [-0.15, -0.1) is 11.3 Å². The van der Waals surface area contributed by atoms with E-state index in [1.807, 2.05) is 18.3 Å². The molecule has 162 valence electrons. The predicted molar refractivity (Wildman–Crippen MR) is 130 cm³/mol. The van der Waals surface area contributed by atoms with Crippen molar-refractivity contribution in [2.24, 2.45) is 5.92 Å². The molecule has 1 amide bonds. The molecule has 2 fully saturated rings. The number of piperidine rings is 1. The van der Waals surface area contributed by atoms with Crippen molar-refractivity contribution < 1.29 is 4.79 Å². The molecule has 2 saturated heterocycles. The summed E-state index contributed by atoms with van der Waals surface area (Å²) in [7, 11) is 0. The largest absolute Gasteiger partial charge is 0.368 e. The van der Waals surface area contributed by atoms with E-state index >= 15 is 0 Å². The smallest absolute Gasteiger partial charge is 0.227 e. The van der Waals surface area contributed by atoms with Crippen LogP contribution in [0.25, 0.3) is 10.1 Å². The van der Waals surface area contributed by atoms with Crippen LogP contribution in [0.1, 0.15) is 17.7 Å². The topological polar surface area (TPSA) is 39.7 Å². The van der Waals surface area contributed by atoms with Crippen LogP contribution in [0.5, 0.6) is 0 Å². The maximum absolute atomic E-state index is 13.3. The number of hydrogen-bond donors (Lipinski definition) is 0. The Morgan fingerprint density at radius 2 is 1.84 bits per heavy atom. The van der Waals surface area contributed by atoms with Gasteiger partial charge in [0.2, 0.25) is 5.91 Å². The van der Waals surface area contributed by atoms with E-state index in [2.05, 4.69) is 45.9 Å². The molecule has 5 rings (SSSR count). The van der Waals surface area contributed by atoms with E-state index in [1.165, 1.54) is 20.7 Å². The van der Waals surface area contributed by atoms with E-state index in [9.17, 15) is 4.79 Å². The normalized spacial score (nSPS) is 19.8. The summed E-state index contributed by atoms with van der Waals surface area (Å²) in [6, 6.07) is 12.3. The highest BCUT2D eigenvalue weighted by Gasteiger charge is 2.32. The van der Waals surface area contributed by atoms with Crippen molar-refractivity contribution in [1.82, 2.24) is 9.88 Å². The van der Waals surface area contributed by atoms with E-state index in [0.29, 0.717) is 5.91 Å². The van der Waals surface area contributed by atoms with Crippen molar-refractivity contribution in [3.8, 4) is 0 Å². The number of fused-ring (bicyclic) bond motifs is 1. The van der Waals surface area contributed by atoms with E-state index in [4.69, 9.17) is 16.6 Å². The number of amides is 1. The number of thiophene rings is 1. The lowest BCUT2D eigenvalue weighted by Crippen LogP contribution is -2.52. The van der Waals surface area contributed by atoms with Gasteiger partial charge in [-0.05, 0) is 56.2 Å². The summed E-state index contributed by atoms with van der Waals surface area (Å²) in [6.45, 7) is 7.13. The predicted octanol–water partition coefficient (Wildman–Crippen LogP) is 4.82. The Morgan fingerprint density at radius 1 is 1.06 bits per heavy atom. The first kappa shape index (κ1) is 20.6. The molecule has 31 heavy (non-hydrogen) atoms. The molecule has 7 heteroatoms. The van der Waals surface area contributed by atoms with Crippen molar-refractivity contribution >= 4 is 50.4 Å². The van der Waals surface area contributed by atoms with Crippen molar-refractivity contribution in [3.05, 3.63) is 52.5 Å². The number of anilines is 2. The molecule has 2 aromatic heterocycles. The third-order valence-electron chi connectivity index (χ3n) is 6.40. The van der Waals surface area contributed by atoms with Crippen molar-refractivity contribution in [1.29, 1.82) is 0 Å². The van der Waals surface area contributed by atoms with E-state index in [1.54, 1.807) is 11.3 Å². The van der Waals surface area contributed by atoms with Gasteiger partial charge in [-0.1, -0.05) is 11.6 Å². The number of aromatic nitrogens is 1. The standard InChI is InChI=1S/C24H27ClN4OS/c1-17-15-21-22(31-17)8-9-26-23(21)29-10-2-3-18(16-29)24(30)28-13-11-27(12-14-28)20-6-4-19(25)5-7-20/h4-9,15,18H,2-3,10-14,16H2,1H3/t18-/m0/s1. The number of nitrogens with zero attached hydrogens (tertiary/aromatic N) is 4. The molecule has 1 aromatic carbocycles. The van der Waals surface area contributed by atoms with Gasteiger partial charge in [-0.2, -0.15) is 0 Å². The summed E-state index contributed by atoms with van der Waals surface area (Å²) in [5, 5.41) is 1.97. The minimum absolute atomic E-state index is 0.0487. The van der Waals surface area contributed by atoms with Gasteiger partial charge in [0.1, 0.15) is 5.82 Å². The lowest BCUT2D eigenvalue weighted by Gasteiger charge is -2.40. The van der Waals surface area contributed by atoms with E-state index in [-0.39, 0.29) is 5.92 Å². The monoisotopic (exact) mass is 454 g/mol. The average Bonchev–Trinajstić information content (AvgIpc) is 3.19. The zero-order chi connectivity index (χ0) is 21.4. The first-order valence-corrected chi connectivity index (χ1v) is 12.2. The van der Waals surface area contributed by atoms with Gasteiger partial charge in [-0.25, -0.2) is 4.98 Å². The Balaban J connectivity index is 1.24. The van der Waals surface area contributed by atoms with Crippen molar-refractivity contribution in [3.63, 3.8) is 0 Å². The minimum atomic E-state index is 0.0487. The average molecular weight is 455 g/mol. The molecule has 0 spiro atoms. The van der Waals surface area contributed by atoms with Crippen LogP contribution >= 0.6 is 22.9 Å². The molecule has 4 heterocycles. The van der Waals surface area contributed by atoms with Crippen LogP contribution in [0.3, 0.4) is 0 Å². The first-order chi connectivity index (χ1) is 15.1. The molecule has 0 bridgehead atoms. The lowest BCUT2D eigenvalue weighted by molar-refractivity contribution is -0.136. The fraction of sp³-hybridized carbons (Fsp3) is 0.417. The zero-order valence-corrected chi connectivity index (χ0v) is 19.3. The second kappa shape index (κ2) is 8.67. The third-order valence-corrected chi connectivity index (χ3v) is 7.67. The quantitative estimate of drug-likeness (QED) is 0.568. The highest BCUT2D eigenvalue weighted by atomic mass is 35.5. The molecule has 1 atom stereocenters. The molecule has 2 aliphatic heterocycles. The molecule has 2 aliphatic rings. The molecule has 3 aromatic rings. The third kappa shape index (κ3) is 4.23. The van der Waals surface area contributed by atoms with E-state index < -0.39 is 0 Å². The van der Waals surface area contributed by atoms with Gasteiger partial charge in [0.25, 0.3) is 0 Å². The Labute approximate surface area is 192 Å². The molecular formula is C24H27ClN4OS. The summed E-state index contributed by atoms with van der Waals surface area (Å²) in [5.74, 6) is 1.38. The molecule has 0 saturated carbocycles. The summed E-state index contributed by atoms with van der Waals surface area (Å²) >= 11 is 7.82.